The van der Waals surface area contributed by atoms with Crippen LogP contribution in [0.3, 0.4) is 0 Å². The molecular weight excluding hydrogens is 278 g/mol. The highest BCUT2D eigenvalue weighted by atomic mass is 32.1. The van der Waals surface area contributed by atoms with Crippen molar-refractivity contribution in [2.45, 2.75) is 26.2 Å². The van der Waals surface area contributed by atoms with Gasteiger partial charge in [-0.25, -0.2) is 15.0 Å². The third-order valence-corrected chi connectivity index (χ3v) is 3.38. The van der Waals surface area contributed by atoms with Gasteiger partial charge in [-0.15, -0.1) is 11.3 Å². The van der Waals surface area contributed by atoms with Crippen molar-refractivity contribution in [2.75, 3.05) is 5.32 Å². The minimum absolute atomic E-state index is 0.0394. The predicted molar refractivity (Wildman–Crippen MR) is 82.0 cm³/mol. The average Bonchev–Trinajstić information content (AvgIpc) is 2.78. The molecule has 2 aromatic rings. The van der Waals surface area contributed by atoms with Crippen molar-refractivity contribution >= 4 is 39.5 Å². The fourth-order valence-electron chi connectivity index (χ4n) is 1.31. The Morgan fingerprint density at radius 2 is 2.05 bits per heavy atom. The van der Waals surface area contributed by atoms with Crippen molar-refractivity contribution in [3.8, 4) is 0 Å². The van der Waals surface area contributed by atoms with Gasteiger partial charge >= 0.3 is 0 Å². The zero-order valence-corrected chi connectivity index (χ0v) is 12.6. The Bertz CT molecular complexity index is 583. The van der Waals surface area contributed by atoms with Gasteiger partial charge in [-0.05, 0) is 0 Å². The molecule has 0 fully saturated rings. The van der Waals surface area contributed by atoms with E-state index in [1.165, 1.54) is 0 Å². The minimum Gasteiger partial charge on any atom is -0.388 e. The van der Waals surface area contributed by atoms with Crippen LogP contribution in [-0.2, 0) is 5.41 Å². The van der Waals surface area contributed by atoms with E-state index in [4.69, 9.17) is 18.0 Å². The SMILES string of the molecule is CC(C)(C)c1csc(Nc2cnc(C(N)=S)cn2)n1. The molecule has 0 aromatic carbocycles. The first-order valence-corrected chi connectivity index (χ1v) is 7.00. The van der Waals surface area contributed by atoms with E-state index in [0.29, 0.717) is 11.5 Å². The summed E-state index contributed by atoms with van der Waals surface area (Å²) in [7, 11) is 0. The molecule has 0 radical (unpaired) electrons. The summed E-state index contributed by atoms with van der Waals surface area (Å²) >= 11 is 6.37. The summed E-state index contributed by atoms with van der Waals surface area (Å²) in [5, 5.41) is 5.95. The summed E-state index contributed by atoms with van der Waals surface area (Å²) in [5.41, 5.74) is 7.06. The number of hydrogen-bond acceptors (Lipinski definition) is 6. The van der Waals surface area contributed by atoms with E-state index >= 15 is 0 Å². The lowest BCUT2D eigenvalue weighted by atomic mass is 9.93. The lowest BCUT2D eigenvalue weighted by Crippen LogP contribution is -2.12. The topological polar surface area (TPSA) is 76.7 Å². The molecule has 0 aliphatic carbocycles. The second-order valence-corrected chi connectivity index (χ2v) is 6.36. The maximum atomic E-state index is 5.47. The van der Waals surface area contributed by atoms with Gasteiger partial charge in [0.1, 0.15) is 10.7 Å². The van der Waals surface area contributed by atoms with Crippen molar-refractivity contribution in [3.63, 3.8) is 0 Å². The van der Waals surface area contributed by atoms with Gasteiger partial charge in [0, 0.05) is 10.8 Å². The molecule has 100 valence electrons. The van der Waals surface area contributed by atoms with Crippen molar-refractivity contribution in [1.29, 1.82) is 0 Å². The first kappa shape index (κ1) is 13.8. The van der Waals surface area contributed by atoms with Crippen LogP contribution in [0.1, 0.15) is 32.2 Å². The van der Waals surface area contributed by atoms with Crippen LogP contribution in [0.4, 0.5) is 10.9 Å². The first-order chi connectivity index (χ1) is 8.86. The fraction of sp³-hybridized carbons (Fsp3) is 0.333. The van der Waals surface area contributed by atoms with E-state index in [1.807, 2.05) is 5.38 Å². The Morgan fingerprint density at radius 1 is 1.32 bits per heavy atom. The molecule has 0 saturated carbocycles. The summed E-state index contributed by atoms with van der Waals surface area (Å²) in [5.74, 6) is 0.620. The summed E-state index contributed by atoms with van der Waals surface area (Å²) < 4.78 is 0. The van der Waals surface area contributed by atoms with Crippen molar-refractivity contribution in [2.24, 2.45) is 5.73 Å². The second-order valence-electron chi connectivity index (χ2n) is 5.06. The molecule has 2 aromatic heterocycles. The van der Waals surface area contributed by atoms with Crippen LogP contribution in [0.25, 0.3) is 0 Å². The average molecular weight is 293 g/mol. The van der Waals surface area contributed by atoms with Crippen LogP contribution >= 0.6 is 23.6 Å². The molecule has 3 N–H and O–H groups in total. The summed E-state index contributed by atoms with van der Waals surface area (Å²) in [6.45, 7) is 6.38. The van der Waals surface area contributed by atoms with Crippen LogP contribution < -0.4 is 11.1 Å². The molecule has 0 spiro atoms. The molecule has 19 heavy (non-hydrogen) atoms. The normalized spacial score (nSPS) is 11.3. The predicted octanol–water partition coefficient (Wildman–Crippen LogP) is 2.61. The molecule has 5 nitrogen and oxygen atoms in total. The molecule has 0 aliphatic rings. The van der Waals surface area contributed by atoms with Crippen LogP contribution in [0, 0.1) is 0 Å². The standard InChI is InChI=1S/C12H15N5S2/c1-12(2,3)8-6-19-11(16-8)17-9-5-14-7(4-15-9)10(13)18/h4-6H,1-3H3,(H2,13,18)(H,15,16,17). The Hall–Kier alpha value is -1.60. The van der Waals surface area contributed by atoms with E-state index in [2.05, 4.69) is 41.0 Å². The van der Waals surface area contributed by atoms with E-state index in [-0.39, 0.29) is 10.4 Å². The van der Waals surface area contributed by atoms with E-state index in [0.717, 1.165) is 10.8 Å². The maximum Gasteiger partial charge on any atom is 0.188 e. The van der Waals surface area contributed by atoms with E-state index in [9.17, 15) is 0 Å². The third-order valence-electron chi connectivity index (χ3n) is 2.41. The third kappa shape index (κ3) is 3.45. The fourth-order valence-corrected chi connectivity index (χ4v) is 2.35. The van der Waals surface area contributed by atoms with Crippen LogP contribution in [-0.4, -0.2) is 19.9 Å². The van der Waals surface area contributed by atoms with E-state index < -0.39 is 0 Å². The summed E-state index contributed by atoms with van der Waals surface area (Å²) in [6, 6.07) is 0. The highest BCUT2D eigenvalue weighted by Crippen LogP contribution is 2.27. The Labute approximate surface area is 121 Å². The lowest BCUT2D eigenvalue weighted by Gasteiger charge is -2.14. The number of rotatable bonds is 3. The number of anilines is 2. The molecule has 0 bridgehead atoms. The lowest BCUT2D eigenvalue weighted by molar-refractivity contribution is 0.573. The van der Waals surface area contributed by atoms with Crippen molar-refractivity contribution < 1.29 is 0 Å². The zero-order chi connectivity index (χ0) is 14.0. The van der Waals surface area contributed by atoms with Gasteiger partial charge in [-0.1, -0.05) is 33.0 Å². The molecule has 0 unspecified atom stereocenters. The van der Waals surface area contributed by atoms with Gasteiger partial charge in [0.25, 0.3) is 0 Å². The first-order valence-electron chi connectivity index (χ1n) is 5.71. The monoisotopic (exact) mass is 293 g/mol. The quantitative estimate of drug-likeness (QED) is 0.847. The molecule has 0 saturated heterocycles. The number of nitrogens with one attached hydrogen (secondary N) is 1. The number of nitrogens with two attached hydrogens (primary N) is 1. The molecule has 2 heterocycles. The Balaban J connectivity index is 2.13. The van der Waals surface area contributed by atoms with Gasteiger partial charge < -0.3 is 11.1 Å². The number of thiazole rings is 1. The van der Waals surface area contributed by atoms with Crippen molar-refractivity contribution in [3.05, 3.63) is 29.2 Å². The maximum absolute atomic E-state index is 5.47. The highest BCUT2D eigenvalue weighted by molar-refractivity contribution is 7.80. The van der Waals surface area contributed by atoms with Gasteiger partial charge in [-0.2, -0.15) is 0 Å². The second kappa shape index (κ2) is 5.18. The molecular formula is C12H15N5S2. The number of nitrogens with zero attached hydrogens (tertiary/aromatic N) is 3. The molecule has 0 atom stereocenters. The van der Waals surface area contributed by atoms with Gasteiger partial charge in [0.15, 0.2) is 10.9 Å². The Morgan fingerprint density at radius 3 is 2.53 bits per heavy atom. The summed E-state index contributed by atoms with van der Waals surface area (Å²) in [6.07, 6.45) is 3.13. The van der Waals surface area contributed by atoms with Crippen molar-refractivity contribution in [1.82, 2.24) is 15.0 Å². The van der Waals surface area contributed by atoms with Crippen LogP contribution in [0.5, 0.6) is 0 Å². The molecule has 0 aliphatic heterocycles. The molecule has 7 heteroatoms. The number of thiocarbonyl (C=S) groups is 1. The van der Waals surface area contributed by atoms with Crippen LogP contribution in [0.15, 0.2) is 17.8 Å². The number of aromatic nitrogens is 3. The highest BCUT2D eigenvalue weighted by Gasteiger charge is 2.17. The van der Waals surface area contributed by atoms with E-state index in [1.54, 1.807) is 23.7 Å². The molecule has 2 rings (SSSR count). The Kier molecular flexibility index (Phi) is 3.77. The van der Waals surface area contributed by atoms with Gasteiger partial charge in [-0.3, -0.25) is 0 Å². The number of hydrogen-bond donors (Lipinski definition) is 2. The van der Waals surface area contributed by atoms with Crippen LogP contribution in [0.2, 0.25) is 0 Å². The van der Waals surface area contributed by atoms with Gasteiger partial charge in [0.05, 0.1) is 18.1 Å². The van der Waals surface area contributed by atoms with Gasteiger partial charge in [0.2, 0.25) is 0 Å². The smallest absolute Gasteiger partial charge is 0.188 e. The largest absolute Gasteiger partial charge is 0.388 e. The molecule has 0 amide bonds. The summed E-state index contributed by atoms with van der Waals surface area (Å²) in [4.78, 5) is 13.1. The zero-order valence-electron chi connectivity index (χ0n) is 11.0. The minimum atomic E-state index is 0.0394.